The quantitative estimate of drug-likeness (QED) is 0.924. The van der Waals surface area contributed by atoms with Gasteiger partial charge in [-0.15, -0.1) is 0 Å². The van der Waals surface area contributed by atoms with Crippen LogP contribution in [0.15, 0.2) is 18.2 Å². The summed E-state index contributed by atoms with van der Waals surface area (Å²) < 4.78 is 5.48. The van der Waals surface area contributed by atoms with Gasteiger partial charge in [-0.1, -0.05) is 12.1 Å². The Balaban J connectivity index is 1.69. The summed E-state index contributed by atoms with van der Waals surface area (Å²) in [6.45, 7) is 8.07. The highest BCUT2D eigenvalue weighted by Gasteiger charge is 2.28. The first-order chi connectivity index (χ1) is 10.3. The molecule has 4 heteroatoms. The zero-order chi connectivity index (χ0) is 14.7. The van der Waals surface area contributed by atoms with Crippen molar-refractivity contribution in [3.63, 3.8) is 0 Å². The standard InChI is InChI=1S/C17H26N2O2/c1-2-21-16-8-3-6-14(17(16)20)12-18-9-5-11-19-10-4-7-15(19)13-18/h3,6,8,15,20H,2,4-5,7,9-13H2,1H3. The molecule has 0 radical (unpaired) electrons. The molecule has 0 aliphatic carbocycles. The number of rotatable bonds is 4. The van der Waals surface area contributed by atoms with E-state index in [1.54, 1.807) is 0 Å². The lowest BCUT2D eigenvalue weighted by Crippen LogP contribution is -2.36. The molecule has 116 valence electrons. The fourth-order valence-corrected chi connectivity index (χ4v) is 3.63. The minimum atomic E-state index is 0.312. The summed E-state index contributed by atoms with van der Waals surface area (Å²) in [5.74, 6) is 0.916. The van der Waals surface area contributed by atoms with Gasteiger partial charge >= 0.3 is 0 Å². The van der Waals surface area contributed by atoms with E-state index in [2.05, 4.69) is 9.80 Å². The van der Waals surface area contributed by atoms with Gasteiger partial charge in [0.2, 0.25) is 0 Å². The van der Waals surface area contributed by atoms with Gasteiger partial charge < -0.3 is 9.84 Å². The van der Waals surface area contributed by atoms with Crippen LogP contribution in [0.2, 0.25) is 0 Å². The molecular formula is C17H26N2O2. The third-order valence-electron chi connectivity index (χ3n) is 4.66. The maximum absolute atomic E-state index is 10.3. The van der Waals surface area contributed by atoms with Crippen LogP contribution in [0.3, 0.4) is 0 Å². The summed E-state index contributed by atoms with van der Waals surface area (Å²) in [4.78, 5) is 5.12. The second kappa shape index (κ2) is 6.67. The Bertz CT molecular complexity index is 478. The molecule has 21 heavy (non-hydrogen) atoms. The number of hydrogen-bond acceptors (Lipinski definition) is 4. The van der Waals surface area contributed by atoms with Crippen LogP contribution in [-0.2, 0) is 6.54 Å². The normalized spacial score (nSPS) is 23.8. The molecule has 2 aliphatic rings. The molecule has 0 amide bonds. The number of hydrogen-bond donors (Lipinski definition) is 1. The highest BCUT2D eigenvalue weighted by Crippen LogP contribution is 2.31. The van der Waals surface area contributed by atoms with Crippen molar-refractivity contribution in [2.45, 2.75) is 38.8 Å². The first-order valence-corrected chi connectivity index (χ1v) is 8.18. The smallest absolute Gasteiger partial charge is 0.162 e. The van der Waals surface area contributed by atoms with Crippen molar-refractivity contribution in [2.24, 2.45) is 0 Å². The van der Waals surface area contributed by atoms with Crippen LogP contribution in [0.5, 0.6) is 11.5 Å². The molecule has 1 aromatic rings. The Hall–Kier alpha value is -1.26. The first-order valence-electron chi connectivity index (χ1n) is 8.18. The minimum Gasteiger partial charge on any atom is -0.504 e. The van der Waals surface area contributed by atoms with E-state index >= 15 is 0 Å². The molecule has 0 spiro atoms. The maximum Gasteiger partial charge on any atom is 0.162 e. The predicted octanol–water partition coefficient (Wildman–Crippen LogP) is 2.46. The van der Waals surface area contributed by atoms with Crippen molar-refractivity contribution in [1.29, 1.82) is 0 Å². The van der Waals surface area contributed by atoms with E-state index in [4.69, 9.17) is 4.74 Å². The van der Waals surface area contributed by atoms with E-state index in [1.165, 1.54) is 32.4 Å². The molecule has 1 N–H and O–H groups in total. The largest absolute Gasteiger partial charge is 0.504 e. The molecule has 1 unspecified atom stereocenters. The van der Waals surface area contributed by atoms with Gasteiger partial charge in [0.05, 0.1) is 6.61 Å². The van der Waals surface area contributed by atoms with Gasteiger partial charge in [0.15, 0.2) is 11.5 Å². The van der Waals surface area contributed by atoms with Crippen LogP contribution in [0.25, 0.3) is 0 Å². The van der Waals surface area contributed by atoms with E-state index in [0.717, 1.165) is 25.2 Å². The molecule has 0 aromatic heterocycles. The Morgan fingerprint density at radius 2 is 2.10 bits per heavy atom. The van der Waals surface area contributed by atoms with Crippen molar-refractivity contribution < 1.29 is 9.84 Å². The van der Waals surface area contributed by atoms with E-state index in [-0.39, 0.29) is 0 Å². The lowest BCUT2D eigenvalue weighted by Gasteiger charge is -2.26. The number of aromatic hydroxyl groups is 1. The highest BCUT2D eigenvalue weighted by molar-refractivity contribution is 5.45. The number of phenolic OH excluding ortho intramolecular Hbond substituents is 1. The fraction of sp³-hybridized carbons (Fsp3) is 0.647. The Labute approximate surface area is 127 Å². The number of para-hydroxylation sites is 1. The summed E-state index contributed by atoms with van der Waals surface area (Å²) in [5.41, 5.74) is 0.979. The van der Waals surface area contributed by atoms with E-state index < -0.39 is 0 Å². The van der Waals surface area contributed by atoms with Gasteiger partial charge in [0.25, 0.3) is 0 Å². The second-order valence-electron chi connectivity index (χ2n) is 6.12. The molecule has 2 fully saturated rings. The maximum atomic E-state index is 10.3. The molecule has 1 atom stereocenters. The van der Waals surface area contributed by atoms with Crippen LogP contribution in [0, 0.1) is 0 Å². The molecule has 3 rings (SSSR count). The minimum absolute atomic E-state index is 0.312. The molecule has 4 nitrogen and oxygen atoms in total. The fourth-order valence-electron chi connectivity index (χ4n) is 3.63. The Morgan fingerprint density at radius 3 is 2.95 bits per heavy atom. The van der Waals surface area contributed by atoms with Gasteiger partial charge in [0, 0.05) is 24.7 Å². The Kier molecular flexibility index (Phi) is 4.66. The van der Waals surface area contributed by atoms with Crippen molar-refractivity contribution in [3.05, 3.63) is 23.8 Å². The number of benzene rings is 1. The molecule has 2 aliphatic heterocycles. The summed E-state index contributed by atoms with van der Waals surface area (Å²) >= 11 is 0. The van der Waals surface area contributed by atoms with Crippen molar-refractivity contribution >= 4 is 0 Å². The topological polar surface area (TPSA) is 35.9 Å². The zero-order valence-corrected chi connectivity index (χ0v) is 12.9. The van der Waals surface area contributed by atoms with Gasteiger partial charge in [0.1, 0.15) is 0 Å². The molecular weight excluding hydrogens is 264 g/mol. The number of phenols is 1. The van der Waals surface area contributed by atoms with Gasteiger partial charge in [-0.25, -0.2) is 0 Å². The number of nitrogens with zero attached hydrogens (tertiary/aromatic N) is 2. The van der Waals surface area contributed by atoms with Gasteiger partial charge in [-0.2, -0.15) is 0 Å². The molecule has 0 bridgehead atoms. The third kappa shape index (κ3) is 3.33. The molecule has 1 aromatic carbocycles. The van der Waals surface area contributed by atoms with Gasteiger partial charge in [-0.3, -0.25) is 9.80 Å². The highest BCUT2D eigenvalue weighted by atomic mass is 16.5. The van der Waals surface area contributed by atoms with Crippen molar-refractivity contribution in [1.82, 2.24) is 9.80 Å². The summed E-state index contributed by atoms with van der Waals surface area (Å²) in [7, 11) is 0. The summed E-state index contributed by atoms with van der Waals surface area (Å²) in [6, 6.07) is 6.53. The van der Waals surface area contributed by atoms with Crippen LogP contribution < -0.4 is 4.74 Å². The average molecular weight is 290 g/mol. The van der Waals surface area contributed by atoms with Crippen LogP contribution in [0.1, 0.15) is 31.7 Å². The van der Waals surface area contributed by atoms with Gasteiger partial charge in [-0.05, 0) is 51.9 Å². The molecule has 2 heterocycles. The van der Waals surface area contributed by atoms with Crippen molar-refractivity contribution in [3.8, 4) is 11.5 Å². The monoisotopic (exact) mass is 290 g/mol. The third-order valence-corrected chi connectivity index (χ3v) is 4.66. The molecule has 0 saturated carbocycles. The lowest BCUT2D eigenvalue weighted by atomic mass is 10.1. The summed E-state index contributed by atoms with van der Waals surface area (Å²) in [6.07, 6.45) is 3.88. The van der Waals surface area contributed by atoms with Crippen LogP contribution >= 0.6 is 0 Å². The van der Waals surface area contributed by atoms with E-state index in [1.807, 2.05) is 25.1 Å². The molecule has 2 saturated heterocycles. The zero-order valence-electron chi connectivity index (χ0n) is 12.9. The van der Waals surface area contributed by atoms with Crippen LogP contribution in [-0.4, -0.2) is 53.7 Å². The summed E-state index contributed by atoms with van der Waals surface area (Å²) in [5, 5.41) is 10.3. The number of fused-ring (bicyclic) bond motifs is 1. The van der Waals surface area contributed by atoms with E-state index in [9.17, 15) is 5.11 Å². The second-order valence-corrected chi connectivity index (χ2v) is 6.12. The average Bonchev–Trinajstić information content (AvgIpc) is 2.82. The van der Waals surface area contributed by atoms with Crippen molar-refractivity contribution in [2.75, 3.05) is 32.8 Å². The van der Waals surface area contributed by atoms with Crippen LogP contribution in [0.4, 0.5) is 0 Å². The predicted molar refractivity (Wildman–Crippen MR) is 83.8 cm³/mol. The first kappa shape index (κ1) is 14.7. The SMILES string of the molecule is CCOc1cccc(CN2CCCN3CCCC3C2)c1O. The number of ether oxygens (including phenoxy) is 1. The lowest BCUT2D eigenvalue weighted by molar-refractivity contribution is 0.213. The Morgan fingerprint density at radius 1 is 1.24 bits per heavy atom. The van der Waals surface area contributed by atoms with E-state index in [0.29, 0.717) is 24.1 Å².